The smallest absolute Gasteiger partial charge is 0.258 e. The molecule has 0 spiro atoms. The number of nitrogens with one attached hydrogen (secondary N) is 1. The third kappa shape index (κ3) is 5.56. The number of rotatable bonds is 10. The van der Waals surface area contributed by atoms with Crippen molar-refractivity contribution >= 4 is 19.4 Å². The average molecular weight is 500 g/mol. The molecule has 4 aromatic rings. The molecule has 1 aromatic carbocycles. The monoisotopic (exact) mass is 499 g/mol. The van der Waals surface area contributed by atoms with E-state index >= 15 is 0 Å². The van der Waals surface area contributed by atoms with Crippen LogP contribution in [-0.2, 0) is 19.3 Å². The van der Waals surface area contributed by atoms with Gasteiger partial charge in [0.15, 0.2) is 0 Å². The van der Waals surface area contributed by atoms with Crippen LogP contribution < -0.4 is 4.43 Å². The number of fused-ring (bicyclic) bond motifs is 1. The highest BCUT2D eigenvalue weighted by Crippen LogP contribution is 2.43. The van der Waals surface area contributed by atoms with Gasteiger partial charge in [0.1, 0.15) is 11.4 Å². The molecule has 4 nitrogen and oxygen atoms in total. The Balaban J connectivity index is 1.49. The quantitative estimate of drug-likeness (QED) is 0.224. The number of H-pyrrole nitrogens is 1. The lowest BCUT2D eigenvalue weighted by Crippen LogP contribution is -2.50. The van der Waals surface area contributed by atoms with E-state index in [1.54, 1.807) is 0 Å². The fraction of sp³-hybridized carbons (Fsp3) is 0.419. The van der Waals surface area contributed by atoms with Crippen LogP contribution in [0, 0.1) is 6.92 Å². The van der Waals surface area contributed by atoms with Crippen molar-refractivity contribution in [2.24, 2.45) is 0 Å². The van der Waals surface area contributed by atoms with Crippen molar-refractivity contribution in [3.05, 3.63) is 89.0 Å². The fourth-order valence-corrected chi connectivity index (χ4v) is 11.0. The summed E-state index contributed by atoms with van der Waals surface area (Å²) in [6, 6.07) is 15.3. The predicted molar refractivity (Wildman–Crippen MR) is 153 cm³/mol. The number of aromatic amines is 1. The molecule has 0 unspecified atom stereocenters. The van der Waals surface area contributed by atoms with E-state index in [1.165, 1.54) is 22.3 Å². The summed E-state index contributed by atoms with van der Waals surface area (Å²) in [4.78, 5) is 12.8. The third-order valence-electron chi connectivity index (χ3n) is 7.66. The molecule has 0 aliphatic heterocycles. The summed E-state index contributed by atoms with van der Waals surface area (Å²) >= 11 is 0. The molecule has 0 amide bonds. The van der Waals surface area contributed by atoms with E-state index in [0.29, 0.717) is 16.6 Å². The average Bonchev–Trinajstić information content (AvgIpc) is 3.24. The molecule has 0 saturated heterocycles. The molecule has 0 atom stereocenters. The Bertz CT molecular complexity index is 1250. The van der Waals surface area contributed by atoms with Gasteiger partial charge in [-0.1, -0.05) is 77.4 Å². The van der Waals surface area contributed by atoms with Gasteiger partial charge < -0.3 is 9.41 Å². The molecule has 190 valence electrons. The Labute approximate surface area is 217 Å². The van der Waals surface area contributed by atoms with Gasteiger partial charge in [0, 0.05) is 29.9 Å². The van der Waals surface area contributed by atoms with Gasteiger partial charge in [0.2, 0.25) is 0 Å². The van der Waals surface area contributed by atoms with Gasteiger partial charge in [-0.15, -0.1) is 0 Å². The number of nitrogens with zero attached hydrogens (tertiary/aromatic N) is 2. The lowest BCUT2D eigenvalue weighted by atomic mass is 10.0. The van der Waals surface area contributed by atoms with Crippen LogP contribution in [0.15, 0.2) is 61.1 Å². The van der Waals surface area contributed by atoms with Crippen LogP contribution in [0.4, 0.5) is 0 Å². The van der Waals surface area contributed by atoms with Crippen molar-refractivity contribution in [2.75, 3.05) is 0 Å². The summed E-state index contributed by atoms with van der Waals surface area (Å²) in [7, 11) is -2.03. The second-order valence-electron chi connectivity index (χ2n) is 11.1. The first-order chi connectivity index (χ1) is 17.2. The van der Waals surface area contributed by atoms with E-state index in [1.807, 2.05) is 12.4 Å². The van der Waals surface area contributed by atoms with Crippen LogP contribution in [0.25, 0.3) is 11.0 Å². The summed E-state index contributed by atoms with van der Waals surface area (Å²) in [6.07, 6.45) is 8.77. The first kappa shape index (κ1) is 26.1. The Kier molecular flexibility index (Phi) is 7.99. The maximum atomic E-state index is 6.90. The third-order valence-corrected chi connectivity index (χ3v) is 13.7. The van der Waals surface area contributed by atoms with Gasteiger partial charge in [-0.2, -0.15) is 0 Å². The summed E-state index contributed by atoms with van der Waals surface area (Å²) in [5, 5.41) is 1.13. The number of hydrogen-bond acceptors (Lipinski definition) is 3. The van der Waals surface area contributed by atoms with Crippen LogP contribution >= 0.6 is 0 Å². The van der Waals surface area contributed by atoms with Crippen molar-refractivity contribution in [1.29, 1.82) is 0 Å². The molecule has 0 aliphatic carbocycles. The van der Waals surface area contributed by atoms with Crippen LogP contribution in [-0.4, -0.2) is 23.3 Å². The first-order valence-corrected chi connectivity index (χ1v) is 15.5. The molecular weight excluding hydrogens is 458 g/mol. The summed E-state index contributed by atoms with van der Waals surface area (Å²) in [6.45, 7) is 16.0. The minimum absolute atomic E-state index is 0.523. The zero-order valence-corrected chi connectivity index (χ0v) is 23.9. The zero-order chi connectivity index (χ0) is 25.9. The van der Waals surface area contributed by atoms with Crippen LogP contribution in [0.3, 0.4) is 0 Å². The second kappa shape index (κ2) is 11.0. The van der Waals surface area contributed by atoms with Crippen molar-refractivity contribution in [3.63, 3.8) is 0 Å². The molecule has 5 heteroatoms. The number of hydrogen-bond donors (Lipinski definition) is 1. The van der Waals surface area contributed by atoms with Crippen molar-refractivity contribution in [2.45, 2.75) is 84.4 Å². The van der Waals surface area contributed by atoms with Gasteiger partial charge >= 0.3 is 0 Å². The van der Waals surface area contributed by atoms with Gasteiger partial charge in [-0.05, 0) is 65.2 Å². The number of pyridine rings is 2. The molecule has 1 N–H and O–H groups in total. The maximum Gasteiger partial charge on any atom is 0.258 e. The minimum atomic E-state index is -2.03. The normalized spacial score (nSPS) is 12.3. The highest BCUT2D eigenvalue weighted by atomic mass is 28.4. The number of aryl methyl sites for hydroxylation is 3. The summed E-state index contributed by atoms with van der Waals surface area (Å²) < 4.78 is 6.90. The lowest BCUT2D eigenvalue weighted by molar-refractivity contribution is 0.478. The van der Waals surface area contributed by atoms with Crippen LogP contribution in [0.2, 0.25) is 16.6 Å². The Morgan fingerprint density at radius 2 is 1.47 bits per heavy atom. The van der Waals surface area contributed by atoms with Gasteiger partial charge in [-0.25, -0.2) is 4.98 Å². The first-order valence-electron chi connectivity index (χ1n) is 13.3. The summed E-state index contributed by atoms with van der Waals surface area (Å²) in [5.41, 5.74) is 8.70. The fourth-order valence-electron chi connectivity index (χ4n) is 5.75. The molecule has 0 fully saturated rings. The predicted octanol–water partition coefficient (Wildman–Crippen LogP) is 8.20. The molecule has 0 radical (unpaired) electrons. The Hall–Kier alpha value is -2.92. The molecule has 0 saturated carbocycles. The second-order valence-corrected chi connectivity index (χ2v) is 16.5. The number of aromatic nitrogens is 3. The van der Waals surface area contributed by atoms with Crippen LogP contribution in [0.1, 0.15) is 69.5 Å². The molecular formula is C31H41N3OSi. The zero-order valence-electron chi connectivity index (χ0n) is 22.9. The highest BCUT2D eigenvalue weighted by molar-refractivity contribution is 6.78. The van der Waals surface area contributed by atoms with Crippen molar-refractivity contribution in [3.8, 4) is 5.75 Å². The van der Waals surface area contributed by atoms with E-state index < -0.39 is 8.32 Å². The minimum Gasteiger partial charge on any atom is -0.542 e. The van der Waals surface area contributed by atoms with E-state index in [2.05, 4.69) is 102 Å². The van der Waals surface area contributed by atoms with Crippen molar-refractivity contribution in [1.82, 2.24) is 15.0 Å². The van der Waals surface area contributed by atoms with Gasteiger partial charge in [-0.3, -0.25) is 4.98 Å². The largest absolute Gasteiger partial charge is 0.542 e. The van der Waals surface area contributed by atoms with E-state index in [4.69, 9.17) is 14.4 Å². The van der Waals surface area contributed by atoms with E-state index in [9.17, 15) is 0 Å². The molecule has 3 aromatic heterocycles. The molecule has 0 bridgehead atoms. The topological polar surface area (TPSA) is 50.8 Å². The molecule has 0 aliphatic rings. The maximum absolute atomic E-state index is 6.90. The lowest BCUT2D eigenvalue weighted by Gasteiger charge is -2.42. The molecule has 3 heterocycles. The summed E-state index contributed by atoms with van der Waals surface area (Å²) in [5.74, 6) is 0.899. The Morgan fingerprint density at radius 1 is 0.806 bits per heavy atom. The highest BCUT2D eigenvalue weighted by Gasteiger charge is 2.47. The molecule has 36 heavy (non-hydrogen) atoms. The number of benzene rings is 1. The van der Waals surface area contributed by atoms with Crippen molar-refractivity contribution < 1.29 is 4.43 Å². The van der Waals surface area contributed by atoms with Gasteiger partial charge in [0.25, 0.3) is 8.32 Å². The van der Waals surface area contributed by atoms with Gasteiger partial charge in [0.05, 0.1) is 6.20 Å². The Morgan fingerprint density at radius 3 is 2.08 bits per heavy atom. The SMILES string of the molecule is Cc1ccc(CCc2ccc(Cc3c[nH]c4ncc(O[Si](C(C)C)(C(C)C)C(C)C)cc34)cn2)cc1. The molecule has 4 rings (SSSR count). The standard InChI is InChI=1S/C31H41N3OSi/c1-21(2)36(22(3)4,23(5)6)35-29-17-30-27(19-33-31(30)34-20-29)16-26-13-15-28(32-18-26)14-12-25-10-8-24(7)9-11-25/h8-11,13,15,17-23H,12,14,16H2,1-7H3,(H,33,34). The van der Waals surface area contributed by atoms with E-state index in [0.717, 1.165) is 41.7 Å². The van der Waals surface area contributed by atoms with Crippen LogP contribution in [0.5, 0.6) is 5.75 Å². The van der Waals surface area contributed by atoms with E-state index in [-0.39, 0.29) is 0 Å².